The number of nitrogens with zero attached hydrogens (tertiary/aromatic N) is 5. The van der Waals surface area contributed by atoms with Crippen molar-refractivity contribution in [1.82, 2.24) is 24.9 Å². The van der Waals surface area contributed by atoms with Crippen LogP contribution in [0.3, 0.4) is 0 Å². The topological polar surface area (TPSA) is 143 Å². The van der Waals surface area contributed by atoms with Gasteiger partial charge in [-0.2, -0.15) is 5.10 Å². The maximum Gasteiger partial charge on any atom is 0.408 e. The van der Waals surface area contributed by atoms with Crippen molar-refractivity contribution in [2.45, 2.75) is 65.5 Å². The van der Waals surface area contributed by atoms with Crippen molar-refractivity contribution in [3.05, 3.63) is 48.2 Å². The van der Waals surface area contributed by atoms with Gasteiger partial charge in [0, 0.05) is 31.1 Å². The highest BCUT2D eigenvalue weighted by Crippen LogP contribution is 2.31. The molecule has 2 N–H and O–H groups in total. The van der Waals surface area contributed by atoms with E-state index in [4.69, 9.17) is 4.42 Å². The van der Waals surface area contributed by atoms with Crippen molar-refractivity contribution < 1.29 is 28.3 Å². The number of Topliss-reactive ketones (excluding diaryl/α,β-unsaturated/α-hetero) is 1. The molecular weight excluding hydrogens is 495 g/mol. The van der Waals surface area contributed by atoms with Crippen LogP contribution in [-0.4, -0.2) is 59.9 Å². The fourth-order valence-electron chi connectivity index (χ4n) is 4.14. The van der Waals surface area contributed by atoms with Gasteiger partial charge in [-0.3, -0.25) is 19.2 Å². The second kappa shape index (κ2) is 12.0. The molecule has 2 amide bonds. The molecule has 2 atom stereocenters. The van der Waals surface area contributed by atoms with Crippen molar-refractivity contribution in [3.8, 4) is 11.5 Å². The van der Waals surface area contributed by atoms with Crippen LogP contribution in [0.2, 0.25) is 0 Å². The number of rotatable bonds is 11. The lowest BCUT2D eigenvalue weighted by atomic mass is 9.82. The van der Waals surface area contributed by atoms with E-state index in [-0.39, 0.29) is 24.6 Å². The van der Waals surface area contributed by atoms with Gasteiger partial charge in [0.1, 0.15) is 17.7 Å². The summed E-state index contributed by atoms with van der Waals surface area (Å²) in [6, 6.07) is 5.04. The largest absolute Gasteiger partial charge is 0.465 e. The summed E-state index contributed by atoms with van der Waals surface area (Å²) in [4.78, 5) is 40.0. The van der Waals surface area contributed by atoms with E-state index in [0.29, 0.717) is 24.2 Å². The van der Waals surface area contributed by atoms with E-state index in [9.17, 15) is 23.9 Å². The van der Waals surface area contributed by atoms with Gasteiger partial charge in [0.25, 0.3) is 5.91 Å². The first-order chi connectivity index (χ1) is 17.9. The number of unbranched alkanes of at least 4 members (excludes halogenated alkanes) is 1. The SMILES string of the molecule is CCCC[C@@H](C(=O)C(=O)Nc1ccnn1C)N(C(=O)O)C(Cc1nnc(-c2ccc(F)cc2)o1)C(C)(C)C. The molecule has 3 rings (SSSR count). The molecule has 0 fully saturated rings. The number of carbonyl (C=O) groups excluding carboxylic acids is 2. The van der Waals surface area contributed by atoms with Gasteiger partial charge in [-0.15, -0.1) is 10.2 Å². The molecular formula is C26H33FN6O5. The van der Waals surface area contributed by atoms with Crippen LogP contribution in [-0.2, 0) is 23.1 Å². The van der Waals surface area contributed by atoms with E-state index in [1.807, 2.05) is 27.7 Å². The number of halogens is 1. The second-order valence-corrected chi connectivity index (χ2v) is 10.1. The Hall–Kier alpha value is -4.09. The summed E-state index contributed by atoms with van der Waals surface area (Å²) in [5.74, 6) is -1.58. The summed E-state index contributed by atoms with van der Waals surface area (Å²) in [6.07, 6.45) is 1.53. The molecule has 0 spiro atoms. The standard InChI is InChI=1S/C26H33FN6O5/c1-6-7-8-18(22(34)23(35)29-20-13-14-28-32(20)5)33(25(36)37)19(26(2,3)4)15-21-30-31-24(38-21)16-9-11-17(27)12-10-16/h9-14,18-19H,6-8,15H2,1-5H3,(H,29,35)(H,36,37)/t18-,19?/m0/s1. The first kappa shape index (κ1) is 28.5. The molecule has 0 aliphatic heterocycles. The van der Waals surface area contributed by atoms with Gasteiger partial charge in [-0.05, 0) is 36.1 Å². The molecule has 204 valence electrons. The first-order valence-corrected chi connectivity index (χ1v) is 12.3. The molecule has 0 bridgehead atoms. The van der Waals surface area contributed by atoms with Gasteiger partial charge in [-0.25, -0.2) is 9.18 Å². The minimum atomic E-state index is -1.34. The zero-order chi connectivity index (χ0) is 28.0. The van der Waals surface area contributed by atoms with Crippen molar-refractivity contribution in [1.29, 1.82) is 0 Å². The summed E-state index contributed by atoms with van der Waals surface area (Å²) < 4.78 is 20.5. The van der Waals surface area contributed by atoms with Crippen LogP contribution in [0.15, 0.2) is 40.9 Å². The third-order valence-electron chi connectivity index (χ3n) is 6.24. The molecule has 1 unspecified atom stereocenters. The van der Waals surface area contributed by atoms with Crippen LogP contribution in [0.25, 0.3) is 11.5 Å². The lowest BCUT2D eigenvalue weighted by Gasteiger charge is -2.41. The normalized spacial score (nSPS) is 13.1. The van der Waals surface area contributed by atoms with Crippen LogP contribution in [0.1, 0.15) is 52.8 Å². The molecule has 0 saturated heterocycles. The number of amides is 2. The zero-order valence-corrected chi connectivity index (χ0v) is 22.1. The van der Waals surface area contributed by atoms with Crippen LogP contribution >= 0.6 is 0 Å². The Balaban J connectivity index is 1.93. The molecule has 2 heterocycles. The Morgan fingerprint density at radius 3 is 2.39 bits per heavy atom. The second-order valence-electron chi connectivity index (χ2n) is 10.1. The van der Waals surface area contributed by atoms with Crippen LogP contribution in [0, 0.1) is 11.2 Å². The summed E-state index contributed by atoms with van der Waals surface area (Å²) in [6.45, 7) is 7.42. The van der Waals surface area contributed by atoms with Gasteiger partial charge in [0.05, 0.1) is 6.20 Å². The Labute approximate surface area is 220 Å². The molecule has 1 aromatic carbocycles. The van der Waals surface area contributed by atoms with E-state index < -0.39 is 41.1 Å². The smallest absolute Gasteiger partial charge is 0.408 e. The fraction of sp³-hybridized carbons (Fsp3) is 0.462. The Morgan fingerprint density at radius 2 is 1.84 bits per heavy atom. The summed E-state index contributed by atoms with van der Waals surface area (Å²) in [7, 11) is 1.61. The molecule has 0 aliphatic rings. The van der Waals surface area contributed by atoms with Crippen molar-refractivity contribution >= 4 is 23.6 Å². The number of anilines is 1. The predicted octanol–water partition coefficient (Wildman–Crippen LogP) is 4.31. The molecule has 2 aromatic heterocycles. The number of benzene rings is 1. The summed E-state index contributed by atoms with van der Waals surface area (Å²) in [5, 5.41) is 24.9. The van der Waals surface area contributed by atoms with E-state index in [1.165, 1.54) is 41.2 Å². The maximum absolute atomic E-state index is 13.4. The molecule has 11 nitrogen and oxygen atoms in total. The monoisotopic (exact) mass is 528 g/mol. The number of aromatic nitrogens is 4. The van der Waals surface area contributed by atoms with Gasteiger partial charge in [-0.1, -0.05) is 40.5 Å². The van der Waals surface area contributed by atoms with Crippen molar-refractivity contribution in [3.63, 3.8) is 0 Å². The van der Waals surface area contributed by atoms with Crippen molar-refractivity contribution in [2.75, 3.05) is 5.32 Å². The number of hydrogen-bond acceptors (Lipinski definition) is 7. The van der Waals surface area contributed by atoms with E-state index in [2.05, 4.69) is 20.6 Å². The lowest BCUT2D eigenvalue weighted by Crippen LogP contribution is -2.57. The summed E-state index contributed by atoms with van der Waals surface area (Å²) >= 11 is 0. The van der Waals surface area contributed by atoms with Crippen LogP contribution in [0.5, 0.6) is 0 Å². The van der Waals surface area contributed by atoms with Crippen molar-refractivity contribution in [2.24, 2.45) is 12.5 Å². The highest BCUT2D eigenvalue weighted by atomic mass is 19.1. The Kier molecular flexibility index (Phi) is 8.97. The van der Waals surface area contributed by atoms with E-state index in [1.54, 1.807) is 7.05 Å². The first-order valence-electron chi connectivity index (χ1n) is 12.3. The van der Waals surface area contributed by atoms with Gasteiger partial charge < -0.3 is 14.8 Å². The van der Waals surface area contributed by atoms with Crippen LogP contribution in [0.4, 0.5) is 15.0 Å². The molecule has 0 aliphatic carbocycles. The lowest BCUT2D eigenvalue weighted by molar-refractivity contribution is -0.139. The number of ketones is 1. The number of carbonyl (C=O) groups is 3. The number of aryl methyl sites for hydroxylation is 1. The van der Waals surface area contributed by atoms with E-state index >= 15 is 0 Å². The number of hydrogen-bond donors (Lipinski definition) is 2. The quantitative estimate of drug-likeness (QED) is 0.350. The Bertz CT molecular complexity index is 1260. The average Bonchev–Trinajstić information content (AvgIpc) is 3.48. The van der Waals surface area contributed by atoms with Crippen LogP contribution < -0.4 is 5.32 Å². The van der Waals surface area contributed by atoms with Gasteiger partial charge >= 0.3 is 6.09 Å². The van der Waals surface area contributed by atoms with Gasteiger partial charge in [0.15, 0.2) is 0 Å². The third-order valence-corrected chi connectivity index (χ3v) is 6.24. The molecule has 12 heteroatoms. The highest BCUT2D eigenvalue weighted by Gasteiger charge is 2.43. The van der Waals surface area contributed by atoms with E-state index in [0.717, 1.165) is 4.90 Å². The molecule has 38 heavy (non-hydrogen) atoms. The number of nitrogens with one attached hydrogen (secondary N) is 1. The molecule has 0 radical (unpaired) electrons. The fourth-order valence-corrected chi connectivity index (χ4v) is 4.14. The van der Waals surface area contributed by atoms with Gasteiger partial charge in [0.2, 0.25) is 17.6 Å². The predicted molar refractivity (Wildman–Crippen MR) is 137 cm³/mol. The highest BCUT2D eigenvalue weighted by molar-refractivity contribution is 6.42. The minimum Gasteiger partial charge on any atom is -0.465 e. The molecule has 0 saturated carbocycles. The average molecular weight is 529 g/mol. The zero-order valence-electron chi connectivity index (χ0n) is 22.1. The Morgan fingerprint density at radius 1 is 1.16 bits per heavy atom. The minimum absolute atomic E-state index is 0.00322. The third kappa shape index (κ3) is 6.81. The summed E-state index contributed by atoms with van der Waals surface area (Å²) in [5.41, 5.74) is -0.165. The number of carboxylic acid groups (broad SMARTS) is 1. The molecule has 3 aromatic rings. The maximum atomic E-state index is 13.4.